The summed E-state index contributed by atoms with van der Waals surface area (Å²) < 4.78 is 10.5. The summed E-state index contributed by atoms with van der Waals surface area (Å²) in [5.41, 5.74) is 8.05. The van der Waals surface area contributed by atoms with Crippen LogP contribution in [-0.2, 0) is 16.0 Å². The van der Waals surface area contributed by atoms with E-state index in [1.54, 1.807) is 0 Å². The second-order valence-electron chi connectivity index (χ2n) is 4.67. The van der Waals surface area contributed by atoms with Gasteiger partial charge in [0.05, 0.1) is 13.5 Å². The zero-order chi connectivity index (χ0) is 15.5. The summed E-state index contributed by atoms with van der Waals surface area (Å²) in [5.74, 6) is 1.11. The smallest absolute Gasteiger partial charge is 0.312 e. The fourth-order valence-electron chi connectivity index (χ4n) is 1.98. The highest BCUT2D eigenvalue weighted by Gasteiger charge is 2.12. The molecule has 5 nitrogen and oxygen atoms in total. The summed E-state index contributed by atoms with van der Waals surface area (Å²) in [5, 5.41) is 2.57. The number of benzene rings is 1. The third kappa shape index (κ3) is 3.01. The van der Waals surface area contributed by atoms with Crippen LogP contribution in [-0.4, -0.2) is 18.1 Å². The molecule has 0 aliphatic rings. The summed E-state index contributed by atoms with van der Waals surface area (Å²) in [4.78, 5) is 15.6. The number of hydrogen-bond acceptors (Lipinski definition) is 6. The van der Waals surface area contributed by atoms with Gasteiger partial charge in [0.1, 0.15) is 16.5 Å². The summed E-state index contributed by atoms with van der Waals surface area (Å²) in [6.07, 6.45) is 0.173. The van der Waals surface area contributed by atoms with Gasteiger partial charge < -0.3 is 14.9 Å². The van der Waals surface area contributed by atoms with Crippen LogP contribution >= 0.6 is 11.3 Å². The first kappa shape index (κ1) is 14.3. The molecule has 0 amide bonds. The van der Waals surface area contributed by atoms with Gasteiger partial charge in [-0.2, -0.15) is 0 Å². The van der Waals surface area contributed by atoms with Crippen molar-refractivity contribution in [3.05, 3.63) is 46.8 Å². The van der Waals surface area contributed by atoms with Crippen molar-refractivity contribution >= 4 is 23.0 Å². The molecular weight excluding hydrogens is 300 g/mol. The van der Waals surface area contributed by atoms with Gasteiger partial charge in [-0.15, -0.1) is 11.3 Å². The quantitative estimate of drug-likeness (QED) is 0.590. The molecule has 0 spiro atoms. The molecule has 0 saturated heterocycles. The van der Waals surface area contributed by atoms with Gasteiger partial charge >= 0.3 is 5.97 Å². The predicted molar refractivity (Wildman–Crippen MR) is 85.4 cm³/mol. The minimum Gasteiger partial charge on any atom is -0.469 e. The Morgan fingerprint density at radius 3 is 2.68 bits per heavy atom. The van der Waals surface area contributed by atoms with E-state index in [0.29, 0.717) is 22.1 Å². The number of nitrogen functional groups attached to an aromatic ring is 1. The Bertz CT molecular complexity index is 790. The molecule has 0 unspecified atom stereocenters. The number of furan rings is 1. The summed E-state index contributed by atoms with van der Waals surface area (Å²) in [6.45, 7) is 0. The average molecular weight is 314 g/mol. The van der Waals surface area contributed by atoms with Gasteiger partial charge in [0.25, 0.3) is 0 Å². The van der Waals surface area contributed by atoms with Gasteiger partial charge in [-0.1, -0.05) is 0 Å². The van der Waals surface area contributed by atoms with Crippen LogP contribution in [0.5, 0.6) is 0 Å². The van der Waals surface area contributed by atoms with Gasteiger partial charge in [-0.25, -0.2) is 4.98 Å². The van der Waals surface area contributed by atoms with Crippen LogP contribution < -0.4 is 5.73 Å². The molecule has 0 bridgehead atoms. The Kier molecular flexibility index (Phi) is 3.93. The van der Waals surface area contributed by atoms with Crippen LogP contribution in [0.1, 0.15) is 5.01 Å². The monoisotopic (exact) mass is 314 g/mol. The zero-order valence-electron chi connectivity index (χ0n) is 11.9. The normalized spacial score (nSPS) is 10.6. The van der Waals surface area contributed by atoms with Gasteiger partial charge in [0, 0.05) is 16.6 Å². The Morgan fingerprint density at radius 2 is 1.95 bits per heavy atom. The summed E-state index contributed by atoms with van der Waals surface area (Å²) >= 11 is 1.41. The van der Waals surface area contributed by atoms with Crippen LogP contribution in [0.3, 0.4) is 0 Å². The fraction of sp³-hybridized carbons (Fsp3) is 0.125. The van der Waals surface area contributed by atoms with Crippen molar-refractivity contribution in [3.63, 3.8) is 0 Å². The van der Waals surface area contributed by atoms with E-state index >= 15 is 0 Å². The summed E-state index contributed by atoms with van der Waals surface area (Å²) in [7, 11) is 1.36. The van der Waals surface area contributed by atoms with E-state index in [4.69, 9.17) is 10.2 Å². The number of anilines is 1. The highest BCUT2D eigenvalue weighted by atomic mass is 32.1. The van der Waals surface area contributed by atoms with Crippen LogP contribution in [0.25, 0.3) is 22.8 Å². The van der Waals surface area contributed by atoms with Crippen LogP contribution in [0, 0.1) is 0 Å². The number of nitrogens with zero attached hydrogens (tertiary/aromatic N) is 1. The number of nitrogens with two attached hydrogens (primary N) is 1. The minimum atomic E-state index is -0.303. The minimum absolute atomic E-state index is 0.173. The molecule has 2 N–H and O–H groups in total. The standard InChI is InChI=1S/C16H14N2O3S/c1-20-16(19)8-15-18-12(9-22-15)14-7-6-13(21-14)10-2-4-11(17)5-3-10/h2-7,9H,8,17H2,1H3. The Labute approximate surface area is 131 Å². The van der Waals surface area contributed by atoms with E-state index in [-0.39, 0.29) is 12.4 Å². The maximum absolute atomic E-state index is 11.3. The number of carbonyl (C=O) groups excluding carboxylic acids is 1. The first-order chi connectivity index (χ1) is 10.7. The number of hydrogen-bond donors (Lipinski definition) is 1. The number of ether oxygens (including phenoxy) is 1. The van der Waals surface area contributed by atoms with E-state index in [1.807, 2.05) is 41.8 Å². The molecule has 112 valence electrons. The molecule has 3 aromatic rings. The van der Waals surface area contributed by atoms with Crippen molar-refractivity contribution in [2.45, 2.75) is 6.42 Å². The molecule has 0 radical (unpaired) electrons. The SMILES string of the molecule is COC(=O)Cc1nc(-c2ccc(-c3ccc(N)cc3)o2)cs1. The van der Waals surface area contributed by atoms with Gasteiger partial charge in [0.15, 0.2) is 5.76 Å². The molecule has 0 aliphatic carbocycles. The molecule has 22 heavy (non-hydrogen) atoms. The Balaban J connectivity index is 1.81. The van der Waals surface area contributed by atoms with E-state index in [1.165, 1.54) is 18.4 Å². The molecule has 6 heteroatoms. The number of aromatic nitrogens is 1. The van der Waals surface area contributed by atoms with Crippen molar-refractivity contribution in [3.8, 4) is 22.8 Å². The Morgan fingerprint density at radius 1 is 1.23 bits per heavy atom. The van der Waals surface area contributed by atoms with E-state index in [2.05, 4.69) is 9.72 Å². The molecular formula is C16H14N2O3S. The molecule has 3 rings (SSSR count). The number of esters is 1. The van der Waals surface area contributed by atoms with Crippen molar-refractivity contribution in [1.82, 2.24) is 4.98 Å². The second-order valence-corrected chi connectivity index (χ2v) is 5.61. The predicted octanol–water partition coefficient (Wildman–Crippen LogP) is 3.37. The van der Waals surface area contributed by atoms with Crippen LogP contribution in [0.2, 0.25) is 0 Å². The highest BCUT2D eigenvalue weighted by Crippen LogP contribution is 2.29. The lowest BCUT2D eigenvalue weighted by molar-refractivity contribution is -0.139. The average Bonchev–Trinajstić information content (AvgIpc) is 3.17. The number of carbonyl (C=O) groups is 1. The van der Waals surface area contributed by atoms with Crippen molar-refractivity contribution in [1.29, 1.82) is 0 Å². The van der Waals surface area contributed by atoms with Crippen molar-refractivity contribution in [2.75, 3.05) is 12.8 Å². The molecule has 2 heterocycles. The van der Waals surface area contributed by atoms with E-state index < -0.39 is 0 Å². The number of rotatable bonds is 4. The molecule has 2 aromatic heterocycles. The first-order valence-corrected chi connectivity index (χ1v) is 7.51. The maximum Gasteiger partial charge on any atom is 0.312 e. The lowest BCUT2D eigenvalue weighted by Crippen LogP contribution is -2.03. The lowest BCUT2D eigenvalue weighted by Gasteiger charge is -1.97. The third-order valence-corrected chi connectivity index (χ3v) is 3.98. The summed E-state index contributed by atoms with van der Waals surface area (Å²) in [6, 6.07) is 11.2. The van der Waals surface area contributed by atoms with Crippen molar-refractivity contribution < 1.29 is 13.9 Å². The third-order valence-electron chi connectivity index (χ3n) is 3.13. The number of methoxy groups -OCH3 is 1. The molecule has 0 saturated carbocycles. The van der Waals surface area contributed by atoms with Gasteiger partial charge in [0.2, 0.25) is 0 Å². The molecule has 0 atom stereocenters. The van der Waals surface area contributed by atoms with E-state index in [9.17, 15) is 4.79 Å². The highest BCUT2D eigenvalue weighted by molar-refractivity contribution is 7.10. The zero-order valence-corrected chi connectivity index (χ0v) is 12.7. The molecule has 1 aromatic carbocycles. The molecule has 0 fully saturated rings. The topological polar surface area (TPSA) is 78.3 Å². The van der Waals surface area contributed by atoms with Crippen LogP contribution in [0.15, 0.2) is 46.2 Å². The molecule has 0 aliphatic heterocycles. The first-order valence-electron chi connectivity index (χ1n) is 6.63. The lowest BCUT2D eigenvalue weighted by atomic mass is 10.1. The van der Waals surface area contributed by atoms with E-state index in [0.717, 1.165) is 11.3 Å². The van der Waals surface area contributed by atoms with Crippen LogP contribution in [0.4, 0.5) is 5.69 Å². The number of thiazole rings is 1. The fourth-order valence-corrected chi connectivity index (χ4v) is 2.75. The maximum atomic E-state index is 11.3. The van der Waals surface area contributed by atoms with Crippen molar-refractivity contribution in [2.24, 2.45) is 0 Å². The van der Waals surface area contributed by atoms with Gasteiger partial charge in [-0.05, 0) is 36.4 Å². The van der Waals surface area contributed by atoms with Gasteiger partial charge in [-0.3, -0.25) is 4.79 Å². The Hall–Kier alpha value is -2.60. The second kappa shape index (κ2) is 6.03. The largest absolute Gasteiger partial charge is 0.469 e.